The second-order valence-electron chi connectivity index (χ2n) is 1.34. The summed E-state index contributed by atoms with van der Waals surface area (Å²) >= 11 is 0. The minimum atomic E-state index is -0.125. The summed E-state index contributed by atoms with van der Waals surface area (Å²) in [5, 5.41) is 22.8. The van der Waals surface area contributed by atoms with Gasteiger partial charge in [0.05, 0.1) is 13.2 Å². The van der Waals surface area contributed by atoms with E-state index in [1.165, 1.54) is 0 Å². The average Bonchev–Trinajstić information content (AvgIpc) is 1.91. The summed E-state index contributed by atoms with van der Waals surface area (Å²) in [4.78, 5) is 0. The third kappa shape index (κ3) is 482. The van der Waals surface area contributed by atoms with Crippen molar-refractivity contribution in [3.8, 4) is 0 Å². The van der Waals surface area contributed by atoms with Crippen molar-refractivity contribution in [2.75, 3.05) is 19.8 Å². The van der Waals surface area contributed by atoms with Crippen molar-refractivity contribution in [1.29, 1.82) is 0 Å². The van der Waals surface area contributed by atoms with E-state index in [0.29, 0.717) is 0 Å². The summed E-state index contributed by atoms with van der Waals surface area (Å²) in [6.45, 7) is 5.68. The van der Waals surface area contributed by atoms with Gasteiger partial charge in [0.25, 0.3) is 0 Å². The predicted molar refractivity (Wildman–Crippen MR) is 42.6 cm³/mol. The van der Waals surface area contributed by atoms with Gasteiger partial charge in [0, 0.05) is 6.61 Å². The molecule has 0 aliphatic heterocycles. The van der Waals surface area contributed by atoms with Crippen molar-refractivity contribution in [3.63, 3.8) is 0 Å². The van der Waals surface area contributed by atoms with Crippen LogP contribution < -0.4 is 0 Å². The maximum atomic E-state index is 7.62. The molecule has 0 aromatic heterocycles. The normalized spacial score (nSPS) is 6.60. The molecule has 0 spiro atoms. The fourth-order valence-electron chi connectivity index (χ4n) is 0. The zero-order valence-corrected chi connectivity index (χ0v) is 7.04. The molecule has 0 saturated heterocycles. The first-order chi connectivity index (χ1) is 4.74. The highest BCUT2D eigenvalue weighted by atomic mass is 16.3. The van der Waals surface area contributed by atoms with Crippen molar-refractivity contribution >= 4 is 0 Å². The second-order valence-corrected chi connectivity index (χ2v) is 1.34. The van der Waals surface area contributed by atoms with Crippen LogP contribution in [0.2, 0.25) is 0 Å². The third-order valence-corrected chi connectivity index (χ3v) is 0.1000. The van der Waals surface area contributed by atoms with Crippen LogP contribution in [0.4, 0.5) is 0 Å². The molecule has 3 nitrogen and oxygen atoms in total. The van der Waals surface area contributed by atoms with Gasteiger partial charge in [-0.3, -0.25) is 0 Å². The Balaban J connectivity index is -0.0000000750. The van der Waals surface area contributed by atoms with Crippen molar-refractivity contribution < 1.29 is 15.3 Å². The molecule has 0 saturated carbocycles. The van der Waals surface area contributed by atoms with Gasteiger partial charge in [0.15, 0.2) is 0 Å². The number of aliphatic hydroxyl groups excluding tert-OH is 3. The summed E-state index contributed by atoms with van der Waals surface area (Å²) in [7, 11) is 0. The Bertz CT molecular complexity index is 20.8. The van der Waals surface area contributed by atoms with E-state index in [2.05, 4.69) is 0 Å². The van der Waals surface area contributed by atoms with Gasteiger partial charge < -0.3 is 15.3 Å². The van der Waals surface area contributed by atoms with Crippen LogP contribution in [0.1, 0.15) is 20.8 Å². The number of aliphatic hydroxyl groups is 3. The summed E-state index contributed by atoms with van der Waals surface area (Å²) in [6, 6.07) is 0. The monoisotopic (exact) mass is 151 g/mol. The molecule has 10 heavy (non-hydrogen) atoms. The van der Waals surface area contributed by atoms with Gasteiger partial charge >= 0.3 is 0 Å². The Morgan fingerprint density at radius 2 is 1.10 bits per heavy atom. The quantitative estimate of drug-likeness (QED) is 0.501. The number of hydrogen-bond donors (Lipinski definition) is 3. The van der Waals surface area contributed by atoms with Crippen LogP contribution in [-0.2, 0) is 0 Å². The van der Waals surface area contributed by atoms with E-state index in [1.54, 1.807) is 6.92 Å². The van der Waals surface area contributed by atoms with Gasteiger partial charge in [0.2, 0.25) is 0 Å². The standard InChI is InChI=1S/C3H7.C2H6O2.C2H6O/c1-3-2;3-1-2-4;1-2-3/h3H,1-2H3;3-4H,1-2H2;3H,2H2,1H3. The minimum absolute atomic E-state index is 0.125. The van der Waals surface area contributed by atoms with Crippen LogP contribution >= 0.6 is 0 Å². The topological polar surface area (TPSA) is 60.7 Å². The largest absolute Gasteiger partial charge is 0.397 e. The first-order valence-corrected chi connectivity index (χ1v) is 3.31. The van der Waals surface area contributed by atoms with E-state index in [4.69, 9.17) is 15.3 Å². The molecule has 0 atom stereocenters. The van der Waals surface area contributed by atoms with Gasteiger partial charge in [-0.15, -0.1) is 0 Å². The summed E-state index contributed by atoms with van der Waals surface area (Å²) in [5.41, 5.74) is 0. The minimum Gasteiger partial charge on any atom is -0.397 e. The van der Waals surface area contributed by atoms with Gasteiger partial charge in [-0.2, -0.15) is 0 Å². The Morgan fingerprint density at radius 3 is 1.10 bits per heavy atom. The molecule has 0 aromatic rings. The third-order valence-electron chi connectivity index (χ3n) is 0.1000. The number of rotatable bonds is 1. The van der Waals surface area contributed by atoms with E-state index in [-0.39, 0.29) is 19.8 Å². The first kappa shape index (κ1) is 16.5. The van der Waals surface area contributed by atoms with Crippen molar-refractivity contribution in [2.24, 2.45) is 0 Å². The zero-order valence-electron chi connectivity index (χ0n) is 7.04. The fraction of sp³-hybridized carbons (Fsp3) is 0.857. The van der Waals surface area contributed by atoms with Crippen LogP contribution in [0.15, 0.2) is 0 Å². The average molecular weight is 151 g/mol. The second kappa shape index (κ2) is 36.6. The predicted octanol–water partition coefficient (Wildman–Crippen LogP) is 0.200. The van der Waals surface area contributed by atoms with Crippen molar-refractivity contribution in [3.05, 3.63) is 6.42 Å². The molecule has 0 fully saturated rings. The molecule has 3 heteroatoms. The summed E-state index contributed by atoms with van der Waals surface area (Å²) < 4.78 is 0. The van der Waals surface area contributed by atoms with Gasteiger partial charge in [0.1, 0.15) is 0 Å². The molecule has 0 aliphatic carbocycles. The molecule has 65 valence electrons. The lowest BCUT2D eigenvalue weighted by Crippen LogP contribution is -1.85. The lowest BCUT2D eigenvalue weighted by molar-refractivity contribution is 0.186. The molecular weight excluding hydrogens is 132 g/mol. The lowest BCUT2D eigenvalue weighted by Gasteiger charge is -1.70. The Kier molecular flexibility index (Phi) is 60.3. The van der Waals surface area contributed by atoms with E-state index in [1.807, 2.05) is 20.3 Å². The van der Waals surface area contributed by atoms with E-state index < -0.39 is 0 Å². The maximum Gasteiger partial charge on any atom is 0.0662 e. The SMILES string of the molecule is CCO.C[CH]C.OCCO. The highest BCUT2D eigenvalue weighted by Crippen LogP contribution is 1.53. The van der Waals surface area contributed by atoms with Crippen molar-refractivity contribution in [1.82, 2.24) is 0 Å². The Morgan fingerprint density at radius 1 is 1.00 bits per heavy atom. The summed E-state index contributed by atoms with van der Waals surface area (Å²) in [5.74, 6) is 0. The smallest absolute Gasteiger partial charge is 0.0662 e. The van der Waals surface area contributed by atoms with Gasteiger partial charge in [-0.05, 0) is 13.3 Å². The molecular formula is C7H19O3. The maximum absolute atomic E-state index is 7.62. The Labute approximate surface area is 63.3 Å². The summed E-state index contributed by atoms with van der Waals surface area (Å²) in [6.07, 6.45) is 2.00. The van der Waals surface area contributed by atoms with Crippen molar-refractivity contribution in [2.45, 2.75) is 20.8 Å². The van der Waals surface area contributed by atoms with Gasteiger partial charge in [-0.1, -0.05) is 13.8 Å². The van der Waals surface area contributed by atoms with E-state index in [9.17, 15) is 0 Å². The Hall–Kier alpha value is -0.120. The molecule has 0 aromatic carbocycles. The zero-order chi connectivity index (χ0) is 8.83. The molecule has 1 radical (unpaired) electrons. The molecule has 3 N–H and O–H groups in total. The molecule has 0 rings (SSSR count). The molecule has 0 aliphatic rings. The highest BCUT2D eigenvalue weighted by molar-refractivity contribution is 4.34. The number of hydrogen-bond acceptors (Lipinski definition) is 3. The van der Waals surface area contributed by atoms with Gasteiger partial charge in [-0.25, -0.2) is 0 Å². The molecule has 0 bridgehead atoms. The van der Waals surface area contributed by atoms with Crippen LogP contribution in [0.25, 0.3) is 0 Å². The highest BCUT2D eigenvalue weighted by Gasteiger charge is 1.58. The fourth-order valence-corrected chi connectivity index (χ4v) is 0. The molecule has 0 heterocycles. The van der Waals surface area contributed by atoms with Crippen LogP contribution in [0.5, 0.6) is 0 Å². The molecule has 0 amide bonds. The van der Waals surface area contributed by atoms with Crippen LogP contribution in [-0.4, -0.2) is 35.1 Å². The van der Waals surface area contributed by atoms with Crippen LogP contribution in [0, 0.1) is 6.42 Å². The van der Waals surface area contributed by atoms with E-state index >= 15 is 0 Å². The van der Waals surface area contributed by atoms with Crippen LogP contribution in [0.3, 0.4) is 0 Å². The first-order valence-electron chi connectivity index (χ1n) is 3.31. The lowest BCUT2D eigenvalue weighted by atomic mass is 10.6. The van der Waals surface area contributed by atoms with E-state index in [0.717, 1.165) is 0 Å². The molecule has 0 unspecified atom stereocenters.